The van der Waals surface area contributed by atoms with Crippen molar-refractivity contribution in [3.63, 3.8) is 0 Å². The third-order valence-electron chi connectivity index (χ3n) is 5.98. The first kappa shape index (κ1) is 28.3. The molecule has 1 aromatic rings. The molecule has 0 aromatic heterocycles. The molecule has 0 spiro atoms. The number of hydrogen-bond donors (Lipinski definition) is 1. The van der Waals surface area contributed by atoms with Crippen molar-refractivity contribution < 1.29 is 19.1 Å². The molecule has 0 saturated carbocycles. The molecule has 2 aliphatic rings. The minimum atomic E-state index is -0.297. The maximum absolute atomic E-state index is 12.9. The van der Waals surface area contributed by atoms with Crippen LogP contribution in [0.2, 0.25) is 0 Å². The normalized spacial score (nSPS) is 15.4. The Hall–Kier alpha value is -2.95. The van der Waals surface area contributed by atoms with E-state index >= 15 is 0 Å². The van der Waals surface area contributed by atoms with E-state index in [1.807, 2.05) is 39.8 Å². The second-order valence-corrected chi connectivity index (χ2v) is 8.71. The van der Waals surface area contributed by atoms with Gasteiger partial charge < -0.3 is 15.0 Å². The number of fused-ring (bicyclic) bond motifs is 1. The summed E-state index contributed by atoms with van der Waals surface area (Å²) in [5.74, 6) is 5.55. The highest BCUT2D eigenvalue weighted by molar-refractivity contribution is 6.22. The van der Waals surface area contributed by atoms with Gasteiger partial charge in [-0.15, -0.1) is 12.5 Å². The first-order valence-corrected chi connectivity index (χ1v) is 12.5. The smallest absolute Gasteiger partial charge is 0.261 e. The third kappa shape index (κ3) is 7.78. The molecular weight excluding hydrogens is 442 g/mol. The largest absolute Gasteiger partial charge is 0.368 e. The average Bonchev–Trinajstić information content (AvgIpc) is 3.07. The molecule has 0 bridgehead atoms. The van der Waals surface area contributed by atoms with Crippen LogP contribution in [0, 0.1) is 11.8 Å². The van der Waals surface area contributed by atoms with Crippen molar-refractivity contribution in [1.82, 2.24) is 10.2 Å². The van der Waals surface area contributed by atoms with Crippen molar-refractivity contribution >= 4 is 23.3 Å². The van der Waals surface area contributed by atoms with E-state index in [9.17, 15) is 14.4 Å². The summed E-state index contributed by atoms with van der Waals surface area (Å²) in [6.07, 6.45) is 3.96. The van der Waals surface area contributed by atoms with E-state index in [2.05, 4.69) is 28.6 Å². The van der Waals surface area contributed by atoms with Crippen molar-refractivity contribution in [2.75, 3.05) is 37.7 Å². The second-order valence-electron chi connectivity index (χ2n) is 8.71. The Labute approximate surface area is 209 Å². The standard InChI is InChI=1S/C25H33N3O4.C3H6/c1-4-6-7-13-32-14-12-26-19-16-27(17-19)20-9-11-22-23(15-20)25(31)28(24(22)30)18(3)8-10-21(29)5-2;1-3-2/h9,11,15,18-19,26H,4-5,8,10,12-14,16-17H2,1-3H3;3H,1H2,2H3. The van der Waals surface area contributed by atoms with Crippen LogP contribution in [0.1, 0.15) is 74.1 Å². The van der Waals surface area contributed by atoms with Crippen LogP contribution in [0.5, 0.6) is 0 Å². The van der Waals surface area contributed by atoms with Crippen molar-refractivity contribution in [3.8, 4) is 11.8 Å². The fourth-order valence-corrected chi connectivity index (χ4v) is 3.97. The number of carbonyl (C=O) groups is 3. The highest BCUT2D eigenvalue weighted by Crippen LogP contribution is 2.31. The van der Waals surface area contributed by atoms with E-state index in [0.29, 0.717) is 49.6 Å². The minimum Gasteiger partial charge on any atom is -0.368 e. The predicted octanol–water partition coefficient (Wildman–Crippen LogP) is 3.83. The Morgan fingerprint density at radius 1 is 1.23 bits per heavy atom. The summed E-state index contributed by atoms with van der Waals surface area (Å²) in [4.78, 5) is 40.8. The Bertz CT molecular complexity index is 957. The van der Waals surface area contributed by atoms with E-state index < -0.39 is 0 Å². The lowest BCUT2D eigenvalue weighted by molar-refractivity contribution is -0.119. The maximum Gasteiger partial charge on any atom is 0.261 e. The molecule has 3 rings (SSSR count). The number of carbonyl (C=O) groups excluding carboxylic acids is 3. The number of imide groups is 1. The number of Topliss-reactive ketones (excluding diaryl/α,β-unsaturated/α-hetero) is 1. The molecule has 2 amide bonds. The van der Waals surface area contributed by atoms with Crippen molar-refractivity contribution in [3.05, 3.63) is 42.0 Å². The number of ether oxygens (including phenoxy) is 1. The average molecular weight is 482 g/mol. The zero-order chi connectivity index (χ0) is 25.8. The lowest BCUT2D eigenvalue weighted by Crippen LogP contribution is -2.58. The molecule has 7 heteroatoms. The molecular formula is C28H39N3O4. The first-order valence-electron chi connectivity index (χ1n) is 12.5. The van der Waals surface area contributed by atoms with Crippen molar-refractivity contribution in [2.24, 2.45) is 0 Å². The number of allylic oxidation sites excluding steroid dienone is 1. The monoisotopic (exact) mass is 481 g/mol. The van der Waals surface area contributed by atoms with Crippen molar-refractivity contribution in [1.29, 1.82) is 0 Å². The van der Waals surface area contributed by atoms with Gasteiger partial charge in [0.25, 0.3) is 11.8 Å². The van der Waals surface area contributed by atoms with E-state index in [1.165, 1.54) is 4.90 Å². The lowest BCUT2D eigenvalue weighted by Gasteiger charge is -2.41. The van der Waals surface area contributed by atoms with Gasteiger partial charge in [0.2, 0.25) is 0 Å². The van der Waals surface area contributed by atoms with Crippen LogP contribution in [0.25, 0.3) is 0 Å². The summed E-state index contributed by atoms with van der Waals surface area (Å²) >= 11 is 0. The highest BCUT2D eigenvalue weighted by Gasteiger charge is 2.39. The summed E-state index contributed by atoms with van der Waals surface area (Å²) in [6, 6.07) is 5.56. The van der Waals surface area contributed by atoms with Crippen LogP contribution in [-0.2, 0) is 9.53 Å². The molecule has 1 fully saturated rings. The Morgan fingerprint density at radius 3 is 2.57 bits per heavy atom. The summed E-state index contributed by atoms with van der Waals surface area (Å²) in [6.45, 7) is 14.5. The SMILES string of the molecule is C=CC.CCC#CCOCCNC1CN(c2ccc3c(c2)C(=O)N(C(C)CCC(=O)CC)C3=O)C1. The molecule has 1 atom stereocenters. The molecule has 1 aromatic carbocycles. The third-order valence-corrected chi connectivity index (χ3v) is 5.98. The van der Waals surface area contributed by atoms with Crippen LogP contribution in [0.15, 0.2) is 30.9 Å². The van der Waals surface area contributed by atoms with Crippen LogP contribution in [-0.4, -0.2) is 67.4 Å². The fraction of sp³-hybridized carbons (Fsp3) is 0.536. The number of nitrogens with one attached hydrogen (secondary N) is 1. The Morgan fingerprint density at radius 2 is 1.91 bits per heavy atom. The molecule has 1 saturated heterocycles. The lowest BCUT2D eigenvalue weighted by atomic mass is 10.0. The van der Waals surface area contributed by atoms with Gasteiger partial charge in [0, 0.05) is 56.7 Å². The van der Waals surface area contributed by atoms with Gasteiger partial charge in [0.15, 0.2) is 0 Å². The van der Waals surface area contributed by atoms with E-state index in [0.717, 1.165) is 31.7 Å². The molecule has 190 valence electrons. The molecule has 7 nitrogen and oxygen atoms in total. The maximum atomic E-state index is 12.9. The summed E-state index contributed by atoms with van der Waals surface area (Å²) < 4.78 is 5.46. The number of benzene rings is 1. The Kier molecular flexibility index (Phi) is 11.7. The highest BCUT2D eigenvalue weighted by atomic mass is 16.5. The van der Waals surface area contributed by atoms with Gasteiger partial charge in [-0.3, -0.25) is 19.3 Å². The minimum absolute atomic E-state index is 0.147. The fourth-order valence-electron chi connectivity index (χ4n) is 3.97. The van der Waals surface area contributed by atoms with E-state index in [-0.39, 0.29) is 23.6 Å². The van der Waals surface area contributed by atoms with Crippen LogP contribution in [0.4, 0.5) is 5.69 Å². The number of rotatable bonds is 11. The second kappa shape index (κ2) is 14.4. The van der Waals surface area contributed by atoms with Gasteiger partial charge >= 0.3 is 0 Å². The zero-order valence-corrected chi connectivity index (χ0v) is 21.6. The number of ketones is 1. The number of anilines is 1. The summed E-state index contributed by atoms with van der Waals surface area (Å²) in [5.41, 5.74) is 1.86. The quantitative estimate of drug-likeness (QED) is 0.224. The predicted molar refractivity (Wildman–Crippen MR) is 140 cm³/mol. The van der Waals surface area contributed by atoms with E-state index in [4.69, 9.17) is 4.74 Å². The van der Waals surface area contributed by atoms with Crippen molar-refractivity contribution in [2.45, 2.75) is 65.5 Å². The van der Waals surface area contributed by atoms with Gasteiger partial charge in [0.1, 0.15) is 12.4 Å². The van der Waals surface area contributed by atoms with Gasteiger partial charge in [0.05, 0.1) is 17.7 Å². The van der Waals surface area contributed by atoms with Crippen LogP contribution in [0.3, 0.4) is 0 Å². The zero-order valence-electron chi connectivity index (χ0n) is 21.6. The summed E-state index contributed by atoms with van der Waals surface area (Å²) in [5, 5.41) is 3.46. The molecule has 2 heterocycles. The number of amides is 2. The molecule has 1 N–H and O–H groups in total. The number of nitrogens with zero attached hydrogens (tertiary/aromatic N) is 2. The molecule has 1 unspecified atom stereocenters. The number of hydrogen-bond acceptors (Lipinski definition) is 6. The molecule has 35 heavy (non-hydrogen) atoms. The van der Waals surface area contributed by atoms with Crippen LogP contribution < -0.4 is 10.2 Å². The van der Waals surface area contributed by atoms with Gasteiger partial charge in [-0.05, 0) is 38.5 Å². The topological polar surface area (TPSA) is 79.0 Å². The summed E-state index contributed by atoms with van der Waals surface area (Å²) in [7, 11) is 0. The van der Waals surface area contributed by atoms with Gasteiger partial charge in [-0.25, -0.2) is 0 Å². The van der Waals surface area contributed by atoms with Crippen LogP contribution >= 0.6 is 0 Å². The molecule has 0 radical (unpaired) electrons. The molecule has 2 aliphatic heterocycles. The van der Waals surface area contributed by atoms with E-state index in [1.54, 1.807) is 12.1 Å². The Balaban J connectivity index is 0.00000137. The first-order chi connectivity index (χ1) is 16.9. The van der Waals surface area contributed by atoms with Gasteiger partial charge in [-0.2, -0.15) is 0 Å². The molecule has 0 aliphatic carbocycles. The van der Waals surface area contributed by atoms with Gasteiger partial charge in [-0.1, -0.05) is 25.8 Å².